The van der Waals surface area contributed by atoms with Gasteiger partial charge in [0.15, 0.2) is 5.75 Å². The lowest BCUT2D eigenvalue weighted by atomic mass is 9.99. The summed E-state index contributed by atoms with van der Waals surface area (Å²) in [5.41, 5.74) is 2.53. The van der Waals surface area contributed by atoms with Gasteiger partial charge in [-0.25, -0.2) is 4.79 Å². The van der Waals surface area contributed by atoms with E-state index in [9.17, 15) is 9.90 Å². The summed E-state index contributed by atoms with van der Waals surface area (Å²) in [7, 11) is 0. The van der Waals surface area contributed by atoms with Crippen molar-refractivity contribution in [2.45, 2.75) is 26.7 Å². The Hall–Kier alpha value is -2.49. The van der Waals surface area contributed by atoms with Crippen LogP contribution in [0.2, 0.25) is 0 Å². The van der Waals surface area contributed by atoms with Crippen LogP contribution in [0.1, 0.15) is 25.3 Å². The minimum Gasteiger partial charge on any atom is -0.507 e. The van der Waals surface area contributed by atoms with Gasteiger partial charge < -0.3 is 5.11 Å². The molecule has 21 heavy (non-hydrogen) atoms. The zero-order valence-electron chi connectivity index (χ0n) is 12.1. The van der Waals surface area contributed by atoms with Gasteiger partial charge in [0.25, 0.3) is 0 Å². The van der Waals surface area contributed by atoms with Crippen molar-refractivity contribution in [1.82, 2.24) is 0 Å². The molecule has 0 saturated carbocycles. The second-order valence-electron chi connectivity index (χ2n) is 4.78. The van der Waals surface area contributed by atoms with Crippen LogP contribution in [0.4, 0.5) is 0 Å². The van der Waals surface area contributed by atoms with Gasteiger partial charge in [0.1, 0.15) is 5.75 Å². The van der Waals surface area contributed by atoms with Crippen molar-refractivity contribution in [3.8, 4) is 22.6 Å². The molecule has 4 heteroatoms. The summed E-state index contributed by atoms with van der Waals surface area (Å²) in [4.78, 5) is 21.1. The molecule has 0 aromatic heterocycles. The average Bonchev–Trinajstić information content (AvgIpc) is 2.47. The number of phenolic OH excluding ortho intramolecular Hbond substituents is 1. The van der Waals surface area contributed by atoms with E-state index in [0.29, 0.717) is 24.2 Å². The van der Waals surface area contributed by atoms with Crippen molar-refractivity contribution < 1.29 is 19.7 Å². The fourth-order valence-corrected chi connectivity index (χ4v) is 1.98. The van der Waals surface area contributed by atoms with Crippen molar-refractivity contribution in [2.75, 3.05) is 0 Å². The largest absolute Gasteiger partial charge is 0.507 e. The molecular weight excluding hydrogens is 268 g/mol. The van der Waals surface area contributed by atoms with E-state index >= 15 is 0 Å². The van der Waals surface area contributed by atoms with Crippen molar-refractivity contribution in [3.05, 3.63) is 48.0 Å². The molecule has 0 spiro atoms. The number of phenols is 1. The van der Waals surface area contributed by atoms with Crippen LogP contribution in [-0.2, 0) is 9.68 Å². The maximum atomic E-state index is 11.3. The Morgan fingerprint density at radius 2 is 1.90 bits per heavy atom. The van der Waals surface area contributed by atoms with Gasteiger partial charge in [-0.3, -0.25) is 9.78 Å². The fourth-order valence-electron chi connectivity index (χ4n) is 1.98. The molecule has 0 radical (unpaired) electrons. The van der Waals surface area contributed by atoms with Crippen LogP contribution in [0.3, 0.4) is 0 Å². The molecule has 0 unspecified atom stereocenters. The summed E-state index contributed by atoms with van der Waals surface area (Å²) in [6.45, 7) is 3.83. The van der Waals surface area contributed by atoms with Crippen molar-refractivity contribution in [3.63, 3.8) is 0 Å². The van der Waals surface area contributed by atoms with Gasteiger partial charge >= 0.3 is 5.97 Å². The third-order valence-electron chi connectivity index (χ3n) is 3.09. The molecule has 2 aromatic rings. The minimum atomic E-state index is -0.401. The number of benzene rings is 2. The molecule has 1 N–H and O–H groups in total. The molecule has 2 rings (SSSR count). The maximum Gasteiger partial charge on any atom is 0.355 e. The summed E-state index contributed by atoms with van der Waals surface area (Å²) >= 11 is 0. The fraction of sp³-hybridized carbons (Fsp3) is 0.235. The van der Waals surface area contributed by atoms with E-state index in [0.717, 1.165) is 11.1 Å². The molecule has 0 saturated heterocycles. The number of aryl methyl sites for hydroxylation is 1. The number of para-hydroxylation sites is 1. The van der Waals surface area contributed by atoms with E-state index in [-0.39, 0.29) is 5.75 Å². The van der Waals surface area contributed by atoms with Gasteiger partial charge in [0.05, 0.1) is 0 Å². The van der Waals surface area contributed by atoms with Crippen LogP contribution in [0.5, 0.6) is 11.5 Å². The van der Waals surface area contributed by atoms with Gasteiger partial charge in [-0.15, -0.1) is 0 Å². The van der Waals surface area contributed by atoms with Gasteiger partial charge in [0.2, 0.25) is 0 Å². The molecule has 0 atom stereocenters. The zero-order valence-corrected chi connectivity index (χ0v) is 12.1. The number of rotatable bonds is 5. The average molecular weight is 286 g/mol. The predicted molar refractivity (Wildman–Crippen MR) is 79.9 cm³/mol. The lowest BCUT2D eigenvalue weighted by Gasteiger charge is -2.10. The van der Waals surface area contributed by atoms with Crippen molar-refractivity contribution in [2.24, 2.45) is 0 Å². The first kappa shape index (κ1) is 14.9. The standard InChI is InChI=1S/C17H18O4/c1-3-6-17(19)21-20-13-10-9-12(2)15(11-13)14-7-4-5-8-16(14)18/h4-5,7-11,18H,3,6H2,1-2H3. The molecule has 0 amide bonds. The summed E-state index contributed by atoms with van der Waals surface area (Å²) < 4.78 is 0. The highest BCUT2D eigenvalue weighted by Crippen LogP contribution is 2.33. The van der Waals surface area contributed by atoms with Crippen LogP contribution in [0, 0.1) is 6.92 Å². The summed E-state index contributed by atoms with van der Waals surface area (Å²) in [5, 5.41) is 9.94. The topological polar surface area (TPSA) is 55.8 Å². The molecule has 0 fully saturated rings. The monoisotopic (exact) mass is 286 g/mol. The molecule has 0 aliphatic carbocycles. The highest BCUT2D eigenvalue weighted by Gasteiger charge is 2.10. The third-order valence-corrected chi connectivity index (χ3v) is 3.09. The SMILES string of the molecule is CCCC(=O)OOc1ccc(C)c(-c2ccccc2O)c1. The van der Waals surface area contributed by atoms with Gasteiger partial charge in [-0.05, 0) is 42.7 Å². The number of hydrogen-bond donors (Lipinski definition) is 1. The van der Waals surface area contributed by atoms with E-state index < -0.39 is 5.97 Å². The smallest absolute Gasteiger partial charge is 0.355 e. The molecule has 0 bridgehead atoms. The first-order valence-corrected chi connectivity index (χ1v) is 6.88. The van der Waals surface area contributed by atoms with Gasteiger partial charge in [-0.2, -0.15) is 0 Å². The van der Waals surface area contributed by atoms with E-state index in [1.807, 2.05) is 32.0 Å². The van der Waals surface area contributed by atoms with E-state index in [2.05, 4.69) is 0 Å². The molecule has 4 nitrogen and oxygen atoms in total. The highest BCUT2D eigenvalue weighted by atomic mass is 17.2. The van der Waals surface area contributed by atoms with E-state index in [4.69, 9.17) is 9.78 Å². The Labute approximate surface area is 123 Å². The Bertz CT molecular complexity index is 634. The quantitative estimate of drug-likeness (QED) is 0.666. The van der Waals surface area contributed by atoms with E-state index in [1.54, 1.807) is 24.3 Å². The molecule has 2 aromatic carbocycles. The Morgan fingerprint density at radius 3 is 2.62 bits per heavy atom. The summed E-state index contributed by atoms with van der Waals surface area (Å²) in [6.07, 6.45) is 1.03. The Morgan fingerprint density at radius 1 is 1.14 bits per heavy atom. The van der Waals surface area contributed by atoms with E-state index in [1.165, 1.54) is 0 Å². The van der Waals surface area contributed by atoms with Crippen LogP contribution < -0.4 is 4.89 Å². The highest BCUT2D eigenvalue weighted by molar-refractivity contribution is 5.74. The molecular formula is C17H18O4. The third kappa shape index (κ3) is 3.75. The van der Waals surface area contributed by atoms with Crippen molar-refractivity contribution >= 4 is 5.97 Å². The second kappa shape index (κ2) is 6.79. The zero-order chi connectivity index (χ0) is 15.2. The van der Waals surface area contributed by atoms with Gasteiger partial charge in [0, 0.05) is 12.0 Å². The maximum absolute atomic E-state index is 11.3. The Kier molecular flexibility index (Phi) is 4.82. The first-order chi connectivity index (χ1) is 10.1. The number of aromatic hydroxyl groups is 1. The number of carbonyl (C=O) groups excluding carboxylic acids is 1. The second-order valence-corrected chi connectivity index (χ2v) is 4.78. The van der Waals surface area contributed by atoms with Crippen LogP contribution >= 0.6 is 0 Å². The molecule has 0 aliphatic heterocycles. The lowest BCUT2D eigenvalue weighted by Crippen LogP contribution is -2.07. The molecule has 110 valence electrons. The predicted octanol–water partition coefficient (Wildman–Crippen LogP) is 4.00. The lowest BCUT2D eigenvalue weighted by molar-refractivity contribution is -0.213. The molecule has 0 heterocycles. The van der Waals surface area contributed by atoms with Crippen LogP contribution in [-0.4, -0.2) is 11.1 Å². The number of carbonyl (C=O) groups is 1. The number of hydrogen-bond acceptors (Lipinski definition) is 4. The normalized spacial score (nSPS) is 10.2. The van der Waals surface area contributed by atoms with Crippen LogP contribution in [0.25, 0.3) is 11.1 Å². The van der Waals surface area contributed by atoms with Crippen LogP contribution in [0.15, 0.2) is 42.5 Å². The first-order valence-electron chi connectivity index (χ1n) is 6.88. The van der Waals surface area contributed by atoms with Crippen molar-refractivity contribution in [1.29, 1.82) is 0 Å². The Balaban J connectivity index is 2.22. The molecule has 0 aliphatic rings. The summed E-state index contributed by atoms with van der Waals surface area (Å²) in [6, 6.07) is 12.4. The van der Waals surface area contributed by atoms with Gasteiger partial charge in [-0.1, -0.05) is 31.2 Å². The summed E-state index contributed by atoms with van der Waals surface area (Å²) in [5.74, 6) is 0.214. The minimum absolute atomic E-state index is 0.195.